The van der Waals surface area contributed by atoms with Crippen molar-refractivity contribution < 1.29 is 0 Å². The van der Waals surface area contributed by atoms with Crippen molar-refractivity contribution in [1.29, 1.82) is 0 Å². The summed E-state index contributed by atoms with van der Waals surface area (Å²) in [6.07, 6.45) is 6.99. The number of hydrogen-bond donors (Lipinski definition) is 1. The SMILES string of the molecule is Cn1ncc(Br)c1C(N)CC1CCC1. The lowest BCUT2D eigenvalue weighted by molar-refractivity contribution is 0.274. The Balaban J connectivity index is 2.05. The number of hydrogen-bond acceptors (Lipinski definition) is 2. The molecule has 14 heavy (non-hydrogen) atoms. The molecule has 1 aromatic heterocycles. The Hall–Kier alpha value is -0.350. The number of nitrogens with zero attached hydrogens (tertiary/aromatic N) is 2. The van der Waals surface area contributed by atoms with Crippen molar-refractivity contribution >= 4 is 15.9 Å². The highest BCUT2D eigenvalue weighted by atomic mass is 79.9. The molecule has 0 saturated heterocycles. The van der Waals surface area contributed by atoms with Crippen LogP contribution in [-0.2, 0) is 7.05 Å². The summed E-state index contributed by atoms with van der Waals surface area (Å²) in [4.78, 5) is 0. The number of nitrogens with two attached hydrogens (primary N) is 1. The molecule has 1 atom stereocenters. The third-order valence-corrected chi connectivity index (χ3v) is 3.71. The second-order valence-corrected chi connectivity index (χ2v) is 4.99. The van der Waals surface area contributed by atoms with E-state index in [9.17, 15) is 0 Å². The topological polar surface area (TPSA) is 43.8 Å². The van der Waals surface area contributed by atoms with Crippen LogP contribution in [0.1, 0.15) is 37.4 Å². The smallest absolute Gasteiger partial charge is 0.0690 e. The van der Waals surface area contributed by atoms with Crippen LogP contribution in [0.15, 0.2) is 10.7 Å². The molecule has 4 heteroatoms. The highest BCUT2D eigenvalue weighted by molar-refractivity contribution is 9.10. The van der Waals surface area contributed by atoms with Gasteiger partial charge in [-0.2, -0.15) is 5.10 Å². The first-order valence-electron chi connectivity index (χ1n) is 5.11. The first-order valence-corrected chi connectivity index (χ1v) is 5.90. The average Bonchev–Trinajstić information content (AvgIpc) is 2.39. The van der Waals surface area contributed by atoms with E-state index in [1.54, 1.807) is 0 Å². The molecule has 2 N–H and O–H groups in total. The van der Waals surface area contributed by atoms with Gasteiger partial charge in [-0.3, -0.25) is 4.68 Å². The minimum absolute atomic E-state index is 0.127. The van der Waals surface area contributed by atoms with Crippen LogP contribution in [0.2, 0.25) is 0 Å². The van der Waals surface area contributed by atoms with E-state index < -0.39 is 0 Å². The third kappa shape index (κ3) is 1.86. The molecule has 1 aliphatic rings. The second kappa shape index (κ2) is 4.03. The number of aromatic nitrogens is 2. The summed E-state index contributed by atoms with van der Waals surface area (Å²) in [6, 6.07) is 0.127. The third-order valence-electron chi connectivity index (χ3n) is 3.10. The Bertz CT molecular complexity index is 298. The van der Waals surface area contributed by atoms with Gasteiger partial charge in [-0.1, -0.05) is 19.3 Å². The summed E-state index contributed by atoms with van der Waals surface area (Å²) in [5.74, 6) is 0.840. The van der Waals surface area contributed by atoms with E-state index in [0.717, 1.165) is 22.5 Å². The number of halogens is 1. The van der Waals surface area contributed by atoms with Crippen molar-refractivity contribution in [2.45, 2.75) is 31.7 Å². The van der Waals surface area contributed by atoms with Crippen molar-refractivity contribution in [2.75, 3.05) is 0 Å². The van der Waals surface area contributed by atoms with Crippen molar-refractivity contribution in [3.05, 3.63) is 16.4 Å². The Morgan fingerprint density at radius 2 is 2.43 bits per heavy atom. The van der Waals surface area contributed by atoms with E-state index in [1.165, 1.54) is 19.3 Å². The molecule has 0 spiro atoms. The monoisotopic (exact) mass is 257 g/mol. The predicted octanol–water partition coefficient (Wildman–Crippen LogP) is 2.37. The fourth-order valence-electron chi connectivity index (χ4n) is 2.04. The fourth-order valence-corrected chi connectivity index (χ4v) is 2.68. The van der Waals surface area contributed by atoms with Gasteiger partial charge in [-0.15, -0.1) is 0 Å². The molecule has 0 bridgehead atoms. The van der Waals surface area contributed by atoms with Gasteiger partial charge in [0.15, 0.2) is 0 Å². The first kappa shape index (κ1) is 10.2. The van der Waals surface area contributed by atoms with Crippen LogP contribution in [0.5, 0.6) is 0 Å². The molecule has 1 heterocycles. The Morgan fingerprint density at radius 1 is 1.71 bits per heavy atom. The van der Waals surface area contributed by atoms with Crippen LogP contribution < -0.4 is 5.73 Å². The molecule has 0 amide bonds. The van der Waals surface area contributed by atoms with E-state index in [0.29, 0.717) is 0 Å². The predicted molar refractivity (Wildman–Crippen MR) is 59.8 cm³/mol. The van der Waals surface area contributed by atoms with Gasteiger partial charge < -0.3 is 5.73 Å². The van der Waals surface area contributed by atoms with Crippen molar-refractivity contribution in [1.82, 2.24) is 9.78 Å². The summed E-state index contributed by atoms with van der Waals surface area (Å²) >= 11 is 3.48. The lowest BCUT2D eigenvalue weighted by atomic mass is 9.80. The summed E-state index contributed by atoms with van der Waals surface area (Å²) in [5.41, 5.74) is 7.28. The zero-order valence-electron chi connectivity index (χ0n) is 8.41. The van der Waals surface area contributed by atoms with E-state index in [2.05, 4.69) is 21.0 Å². The van der Waals surface area contributed by atoms with Crippen molar-refractivity contribution in [3.63, 3.8) is 0 Å². The maximum atomic E-state index is 6.16. The van der Waals surface area contributed by atoms with Gasteiger partial charge in [0.25, 0.3) is 0 Å². The van der Waals surface area contributed by atoms with Crippen LogP contribution in [0.4, 0.5) is 0 Å². The molecule has 1 aliphatic carbocycles. The van der Waals surface area contributed by atoms with Crippen LogP contribution in [0, 0.1) is 5.92 Å². The molecular formula is C10H16BrN3. The van der Waals surface area contributed by atoms with Gasteiger partial charge in [-0.05, 0) is 28.3 Å². The van der Waals surface area contributed by atoms with E-state index >= 15 is 0 Å². The van der Waals surface area contributed by atoms with Crippen LogP contribution in [-0.4, -0.2) is 9.78 Å². The molecule has 2 rings (SSSR count). The molecule has 1 unspecified atom stereocenters. The lowest BCUT2D eigenvalue weighted by Gasteiger charge is -2.28. The van der Waals surface area contributed by atoms with E-state index in [4.69, 9.17) is 5.73 Å². The van der Waals surface area contributed by atoms with E-state index in [1.807, 2.05) is 17.9 Å². The fraction of sp³-hybridized carbons (Fsp3) is 0.700. The Labute approximate surface area is 92.8 Å². The normalized spacial score (nSPS) is 19.4. The maximum Gasteiger partial charge on any atom is 0.0690 e. The molecule has 0 aromatic carbocycles. The highest BCUT2D eigenvalue weighted by Gasteiger charge is 2.23. The minimum atomic E-state index is 0.127. The number of aryl methyl sites for hydroxylation is 1. The zero-order chi connectivity index (χ0) is 10.1. The van der Waals surface area contributed by atoms with Gasteiger partial charge in [0, 0.05) is 13.1 Å². The van der Waals surface area contributed by atoms with Gasteiger partial charge >= 0.3 is 0 Å². The first-order chi connectivity index (χ1) is 6.68. The molecule has 3 nitrogen and oxygen atoms in total. The number of rotatable bonds is 3. The summed E-state index contributed by atoms with van der Waals surface area (Å²) in [6.45, 7) is 0. The quantitative estimate of drug-likeness (QED) is 0.904. The maximum absolute atomic E-state index is 6.16. The minimum Gasteiger partial charge on any atom is -0.323 e. The summed E-state index contributed by atoms with van der Waals surface area (Å²) in [7, 11) is 1.95. The molecule has 0 aliphatic heterocycles. The van der Waals surface area contributed by atoms with Gasteiger partial charge in [-0.25, -0.2) is 0 Å². The standard InChI is InChI=1S/C10H16BrN3/c1-14-10(8(11)6-13-14)9(12)5-7-3-2-4-7/h6-7,9H,2-5,12H2,1H3. The molecule has 1 fully saturated rings. The summed E-state index contributed by atoms with van der Waals surface area (Å²) < 4.78 is 2.90. The molecule has 0 radical (unpaired) electrons. The molecule has 1 saturated carbocycles. The van der Waals surface area contributed by atoms with Gasteiger partial charge in [0.2, 0.25) is 0 Å². The van der Waals surface area contributed by atoms with Crippen molar-refractivity contribution in [3.8, 4) is 0 Å². The zero-order valence-corrected chi connectivity index (χ0v) is 10.00. The van der Waals surface area contributed by atoms with Crippen LogP contribution in [0.3, 0.4) is 0 Å². The Kier molecular flexibility index (Phi) is 2.93. The van der Waals surface area contributed by atoms with E-state index in [-0.39, 0.29) is 6.04 Å². The highest BCUT2D eigenvalue weighted by Crippen LogP contribution is 2.35. The Morgan fingerprint density at radius 3 is 2.86 bits per heavy atom. The van der Waals surface area contributed by atoms with Crippen LogP contribution in [0.25, 0.3) is 0 Å². The molecule has 78 valence electrons. The molecule has 1 aromatic rings. The van der Waals surface area contributed by atoms with Crippen LogP contribution >= 0.6 is 15.9 Å². The largest absolute Gasteiger partial charge is 0.323 e. The second-order valence-electron chi connectivity index (χ2n) is 4.14. The van der Waals surface area contributed by atoms with Gasteiger partial charge in [0.05, 0.1) is 16.4 Å². The lowest BCUT2D eigenvalue weighted by Crippen LogP contribution is -2.22. The molecular weight excluding hydrogens is 242 g/mol. The summed E-state index contributed by atoms with van der Waals surface area (Å²) in [5, 5.41) is 4.18. The van der Waals surface area contributed by atoms with Crippen molar-refractivity contribution in [2.24, 2.45) is 18.7 Å². The average molecular weight is 258 g/mol. The van der Waals surface area contributed by atoms with Gasteiger partial charge in [0.1, 0.15) is 0 Å².